The van der Waals surface area contributed by atoms with E-state index in [0.717, 1.165) is 18.8 Å². The van der Waals surface area contributed by atoms with E-state index in [1.165, 1.54) is 10.4 Å². The minimum atomic E-state index is 0.0458. The number of rotatable bonds is 5. The molecule has 1 atom stereocenters. The molecule has 0 saturated carbocycles. The highest BCUT2D eigenvalue weighted by Crippen LogP contribution is 2.12. The van der Waals surface area contributed by atoms with Crippen molar-refractivity contribution in [2.45, 2.75) is 19.5 Å². The maximum atomic E-state index is 6.10. The van der Waals surface area contributed by atoms with Crippen molar-refractivity contribution in [1.82, 2.24) is 10.3 Å². The Morgan fingerprint density at radius 2 is 2.12 bits per heavy atom. The average Bonchev–Trinajstić information content (AvgIpc) is 2.76. The van der Waals surface area contributed by atoms with Crippen LogP contribution in [-0.4, -0.2) is 11.5 Å². The summed E-state index contributed by atoms with van der Waals surface area (Å²) in [6.45, 7) is 3.66. The zero-order valence-corrected chi connectivity index (χ0v) is 10.7. The molecule has 0 spiro atoms. The van der Waals surface area contributed by atoms with E-state index in [1.54, 1.807) is 11.3 Å². The smallest absolute Gasteiger partial charge is 0.0798 e. The van der Waals surface area contributed by atoms with Gasteiger partial charge in [0.05, 0.1) is 11.2 Å². The molecule has 2 rings (SSSR count). The van der Waals surface area contributed by atoms with E-state index in [9.17, 15) is 0 Å². The molecule has 0 amide bonds. The first kappa shape index (κ1) is 12.2. The fraction of sp³-hybridized carbons (Fsp3) is 0.308. The summed E-state index contributed by atoms with van der Waals surface area (Å²) in [4.78, 5) is 5.50. The Balaban J connectivity index is 1.81. The number of nitrogens with one attached hydrogen (secondary N) is 1. The fourth-order valence-corrected chi connectivity index (χ4v) is 2.40. The van der Waals surface area contributed by atoms with Gasteiger partial charge in [0.1, 0.15) is 0 Å². The molecule has 0 aliphatic rings. The van der Waals surface area contributed by atoms with Gasteiger partial charge >= 0.3 is 0 Å². The van der Waals surface area contributed by atoms with Crippen molar-refractivity contribution in [1.29, 1.82) is 0 Å². The molecule has 0 radical (unpaired) electrons. The number of hydrogen-bond donors (Lipinski definition) is 2. The molecule has 4 heteroatoms. The molecule has 17 heavy (non-hydrogen) atoms. The van der Waals surface area contributed by atoms with Crippen LogP contribution >= 0.6 is 11.3 Å². The summed E-state index contributed by atoms with van der Waals surface area (Å²) in [5, 5.41) is 3.37. The van der Waals surface area contributed by atoms with Gasteiger partial charge in [0.15, 0.2) is 0 Å². The molecular formula is C13H17N3S. The van der Waals surface area contributed by atoms with Crippen LogP contribution in [0.3, 0.4) is 0 Å². The standard InChI is InChI=1S/C13H17N3S/c1-10-13(17-9-16-10)8-15-7-12(14)11-5-3-2-4-6-11/h2-6,9,12,15H,7-8,14H2,1H3. The van der Waals surface area contributed by atoms with Crippen molar-refractivity contribution >= 4 is 11.3 Å². The van der Waals surface area contributed by atoms with E-state index in [2.05, 4.69) is 22.4 Å². The van der Waals surface area contributed by atoms with E-state index in [0.29, 0.717) is 0 Å². The topological polar surface area (TPSA) is 50.9 Å². The summed E-state index contributed by atoms with van der Waals surface area (Å²) in [5.74, 6) is 0. The van der Waals surface area contributed by atoms with Gasteiger partial charge in [0.25, 0.3) is 0 Å². The second-order valence-electron chi connectivity index (χ2n) is 4.01. The Labute approximate surface area is 106 Å². The van der Waals surface area contributed by atoms with E-state index in [4.69, 9.17) is 5.73 Å². The number of thiazole rings is 1. The van der Waals surface area contributed by atoms with Crippen molar-refractivity contribution in [3.63, 3.8) is 0 Å². The van der Waals surface area contributed by atoms with Crippen molar-refractivity contribution in [3.05, 3.63) is 52.0 Å². The van der Waals surface area contributed by atoms with Gasteiger partial charge in [-0.25, -0.2) is 4.98 Å². The number of nitrogens with two attached hydrogens (primary N) is 1. The van der Waals surface area contributed by atoms with Gasteiger partial charge in [-0.2, -0.15) is 0 Å². The molecular weight excluding hydrogens is 230 g/mol. The Hall–Kier alpha value is -1.23. The van der Waals surface area contributed by atoms with Crippen LogP contribution in [-0.2, 0) is 6.54 Å². The summed E-state index contributed by atoms with van der Waals surface area (Å²) < 4.78 is 0. The Morgan fingerprint density at radius 3 is 2.76 bits per heavy atom. The lowest BCUT2D eigenvalue weighted by atomic mass is 10.1. The highest BCUT2D eigenvalue weighted by atomic mass is 32.1. The quantitative estimate of drug-likeness (QED) is 0.852. The first-order valence-corrected chi connectivity index (χ1v) is 6.55. The lowest BCUT2D eigenvalue weighted by molar-refractivity contribution is 0.600. The molecule has 0 fully saturated rings. The van der Waals surface area contributed by atoms with Crippen LogP contribution < -0.4 is 11.1 Å². The maximum Gasteiger partial charge on any atom is 0.0798 e. The molecule has 90 valence electrons. The van der Waals surface area contributed by atoms with Crippen molar-refractivity contribution < 1.29 is 0 Å². The van der Waals surface area contributed by atoms with Gasteiger partial charge < -0.3 is 11.1 Å². The molecule has 0 saturated heterocycles. The highest BCUT2D eigenvalue weighted by molar-refractivity contribution is 7.09. The van der Waals surface area contributed by atoms with Gasteiger partial charge in [-0.3, -0.25) is 0 Å². The van der Waals surface area contributed by atoms with E-state index >= 15 is 0 Å². The number of aromatic nitrogens is 1. The molecule has 3 N–H and O–H groups in total. The molecule has 2 aromatic rings. The van der Waals surface area contributed by atoms with Gasteiger partial charge in [-0.05, 0) is 12.5 Å². The molecule has 1 aromatic carbocycles. The van der Waals surface area contributed by atoms with Gasteiger partial charge in [-0.1, -0.05) is 30.3 Å². The summed E-state index contributed by atoms with van der Waals surface area (Å²) in [7, 11) is 0. The lowest BCUT2D eigenvalue weighted by Gasteiger charge is -2.12. The highest BCUT2D eigenvalue weighted by Gasteiger charge is 2.05. The second kappa shape index (κ2) is 5.91. The van der Waals surface area contributed by atoms with Gasteiger partial charge in [0, 0.05) is 24.0 Å². The number of nitrogens with zero attached hydrogens (tertiary/aromatic N) is 1. The zero-order valence-electron chi connectivity index (χ0n) is 9.89. The lowest BCUT2D eigenvalue weighted by Crippen LogP contribution is -2.26. The average molecular weight is 247 g/mol. The number of hydrogen-bond acceptors (Lipinski definition) is 4. The van der Waals surface area contributed by atoms with E-state index in [-0.39, 0.29) is 6.04 Å². The first-order valence-electron chi connectivity index (χ1n) is 5.67. The third-order valence-electron chi connectivity index (χ3n) is 2.72. The Bertz CT molecular complexity index is 453. The summed E-state index contributed by atoms with van der Waals surface area (Å²) in [6, 6.07) is 10.2. The maximum absolute atomic E-state index is 6.10. The molecule has 1 unspecified atom stereocenters. The Kier molecular flexibility index (Phi) is 4.25. The van der Waals surface area contributed by atoms with E-state index < -0.39 is 0 Å². The minimum Gasteiger partial charge on any atom is -0.323 e. The third kappa shape index (κ3) is 3.36. The normalized spacial score (nSPS) is 12.6. The van der Waals surface area contributed by atoms with Gasteiger partial charge in [-0.15, -0.1) is 11.3 Å². The van der Waals surface area contributed by atoms with Gasteiger partial charge in [0.2, 0.25) is 0 Å². The van der Waals surface area contributed by atoms with Crippen LogP contribution in [0.5, 0.6) is 0 Å². The SMILES string of the molecule is Cc1ncsc1CNCC(N)c1ccccc1. The van der Waals surface area contributed by atoms with Crippen molar-refractivity contribution in [2.75, 3.05) is 6.54 Å². The minimum absolute atomic E-state index is 0.0458. The molecule has 0 aliphatic heterocycles. The number of aryl methyl sites for hydroxylation is 1. The third-order valence-corrected chi connectivity index (χ3v) is 3.66. The van der Waals surface area contributed by atoms with Crippen LogP contribution in [0.4, 0.5) is 0 Å². The molecule has 3 nitrogen and oxygen atoms in total. The van der Waals surface area contributed by atoms with Crippen molar-refractivity contribution in [2.24, 2.45) is 5.73 Å². The van der Waals surface area contributed by atoms with E-state index in [1.807, 2.05) is 30.6 Å². The van der Waals surface area contributed by atoms with Crippen LogP contribution in [0.15, 0.2) is 35.8 Å². The Morgan fingerprint density at radius 1 is 1.35 bits per heavy atom. The van der Waals surface area contributed by atoms with Crippen molar-refractivity contribution in [3.8, 4) is 0 Å². The predicted molar refractivity (Wildman–Crippen MR) is 71.9 cm³/mol. The molecule has 0 aliphatic carbocycles. The second-order valence-corrected chi connectivity index (χ2v) is 4.95. The van der Waals surface area contributed by atoms with Crippen LogP contribution in [0.2, 0.25) is 0 Å². The largest absolute Gasteiger partial charge is 0.323 e. The molecule has 1 aromatic heterocycles. The van der Waals surface area contributed by atoms with Crippen LogP contribution in [0, 0.1) is 6.92 Å². The molecule has 1 heterocycles. The number of benzene rings is 1. The zero-order chi connectivity index (χ0) is 12.1. The predicted octanol–water partition coefficient (Wildman–Crippen LogP) is 2.24. The summed E-state index contributed by atoms with van der Waals surface area (Å²) in [5.41, 5.74) is 10.3. The van der Waals surface area contributed by atoms with Crippen LogP contribution in [0.1, 0.15) is 22.2 Å². The fourth-order valence-electron chi connectivity index (χ4n) is 1.66. The van der Waals surface area contributed by atoms with Crippen LogP contribution in [0.25, 0.3) is 0 Å². The summed E-state index contributed by atoms with van der Waals surface area (Å²) >= 11 is 1.68. The first-order chi connectivity index (χ1) is 8.27. The monoisotopic (exact) mass is 247 g/mol. The summed E-state index contributed by atoms with van der Waals surface area (Å²) in [6.07, 6.45) is 0. The molecule has 0 bridgehead atoms.